The van der Waals surface area contributed by atoms with Crippen LogP contribution in [0.2, 0.25) is 0 Å². The molecule has 0 spiro atoms. The van der Waals surface area contributed by atoms with Crippen LogP contribution in [0.5, 0.6) is 0 Å². The Morgan fingerprint density at radius 1 is 1.50 bits per heavy atom. The van der Waals surface area contributed by atoms with Gasteiger partial charge >= 0.3 is 5.97 Å². The fourth-order valence-electron chi connectivity index (χ4n) is 1.44. The minimum Gasteiger partial charge on any atom is -0.481 e. The summed E-state index contributed by atoms with van der Waals surface area (Å²) in [5, 5.41) is 8.68. The van der Waals surface area contributed by atoms with Crippen molar-refractivity contribution in [2.24, 2.45) is 0 Å². The maximum absolute atomic E-state index is 10.6. The summed E-state index contributed by atoms with van der Waals surface area (Å²) in [6.45, 7) is 0. The van der Waals surface area contributed by atoms with Crippen molar-refractivity contribution in [3.05, 3.63) is 23.8 Å². The highest BCUT2D eigenvalue weighted by molar-refractivity contribution is 5.78. The maximum Gasteiger partial charge on any atom is 0.307 e. The third-order valence-corrected chi connectivity index (χ3v) is 2.18. The lowest BCUT2D eigenvalue weighted by Gasteiger charge is -2.03. The molecular weight excluding hydrogens is 208 g/mol. The van der Waals surface area contributed by atoms with Crippen LogP contribution in [0.4, 0.5) is 6.01 Å². The van der Waals surface area contributed by atoms with Crippen molar-refractivity contribution in [2.45, 2.75) is 6.42 Å². The summed E-state index contributed by atoms with van der Waals surface area (Å²) in [5.74, 6) is -0.851. The minimum atomic E-state index is -0.851. The molecule has 0 unspecified atom stereocenters. The summed E-state index contributed by atoms with van der Waals surface area (Å²) < 4.78 is 5.46. The fourth-order valence-corrected chi connectivity index (χ4v) is 1.44. The van der Waals surface area contributed by atoms with Crippen molar-refractivity contribution in [1.29, 1.82) is 0 Å². The Labute approximate surface area is 92.3 Å². The summed E-state index contributed by atoms with van der Waals surface area (Å²) in [7, 11) is 3.67. The molecule has 16 heavy (non-hydrogen) atoms. The third-order valence-electron chi connectivity index (χ3n) is 2.18. The van der Waals surface area contributed by atoms with Gasteiger partial charge < -0.3 is 14.4 Å². The van der Waals surface area contributed by atoms with Crippen molar-refractivity contribution in [2.75, 3.05) is 19.0 Å². The number of nitrogens with zero attached hydrogens (tertiary/aromatic N) is 2. The first kappa shape index (κ1) is 10.5. The molecule has 84 valence electrons. The lowest BCUT2D eigenvalue weighted by Crippen LogP contribution is -2.08. The second-order valence-corrected chi connectivity index (χ2v) is 3.76. The SMILES string of the molecule is CN(C)c1nc2cc(CC(=O)O)ccc2o1. The highest BCUT2D eigenvalue weighted by atomic mass is 16.4. The van der Waals surface area contributed by atoms with Gasteiger partial charge in [-0.05, 0) is 17.7 Å². The number of hydrogen-bond donors (Lipinski definition) is 1. The minimum absolute atomic E-state index is 0.0000968. The molecule has 2 aromatic rings. The molecule has 1 N–H and O–H groups in total. The molecule has 5 heteroatoms. The predicted octanol–water partition coefficient (Wildman–Crippen LogP) is 1.52. The fraction of sp³-hybridized carbons (Fsp3) is 0.273. The van der Waals surface area contributed by atoms with Gasteiger partial charge in [0.2, 0.25) is 0 Å². The molecule has 1 aromatic heterocycles. The number of oxazole rings is 1. The van der Waals surface area contributed by atoms with E-state index in [1.54, 1.807) is 23.1 Å². The number of fused-ring (bicyclic) bond motifs is 1. The van der Waals surface area contributed by atoms with Crippen LogP contribution >= 0.6 is 0 Å². The topological polar surface area (TPSA) is 66.6 Å². The third kappa shape index (κ3) is 1.98. The summed E-state index contributed by atoms with van der Waals surface area (Å²) in [5.41, 5.74) is 2.07. The lowest BCUT2D eigenvalue weighted by atomic mass is 10.1. The van der Waals surface area contributed by atoms with Crippen LogP contribution in [0.15, 0.2) is 22.6 Å². The maximum atomic E-state index is 10.6. The highest BCUT2D eigenvalue weighted by Gasteiger charge is 2.08. The van der Waals surface area contributed by atoms with E-state index in [2.05, 4.69) is 4.98 Å². The number of carboxylic acid groups (broad SMARTS) is 1. The van der Waals surface area contributed by atoms with Gasteiger partial charge in [0.15, 0.2) is 5.58 Å². The second-order valence-electron chi connectivity index (χ2n) is 3.76. The van der Waals surface area contributed by atoms with E-state index >= 15 is 0 Å². The van der Waals surface area contributed by atoms with Crippen LogP contribution in [0.25, 0.3) is 11.1 Å². The normalized spacial score (nSPS) is 10.6. The van der Waals surface area contributed by atoms with Gasteiger partial charge in [-0.3, -0.25) is 4.79 Å². The average Bonchev–Trinajstić information content (AvgIpc) is 2.59. The Morgan fingerprint density at radius 2 is 2.25 bits per heavy atom. The lowest BCUT2D eigenvalue weighted by molar-refractivity contribution is -0.136. The van der Waals surface area contributed by atoms with E-state index in [1.807, 2.05) is 14.1 Å². The van der Waals surface area contributed by atoms with Crippen LogP contribution < -0.4 is 4.90 Å². The Morgan fingerprint density at radius 3 is 2.88 bits per heavy atom. The molecule has 0 aliphatic heterocycles. The van der Waals surface area contributed by atoms with E-state index in [4.69, 9.17) is 9.52 Å². The quantitative estimate of drug-likeness (QED) is 0.849. The van der Waals surface area contributed by atoms with Crippen LogP contribution in [-0.4, -0.2) is 30.2 Å². The van der Waals surface area contributed by atoms with Crippen LogP contribution in [0, 0.1) is 0 Å². The average molecular weight is 220 g/mol. The van der Waals surface area contributed by atoms with Crippen molar-refractivity contribution < 1.29 is 14.3 Å². The summed E-state index contributed by atoms with van der Waals surface area (Å²) in [6, 6.07) is 5.73. The molecule has 2 rings (SSSR count). The van der Waals surface area contributed by atoms with Crippen molar-refractivity contribution >= 4 is 23.1 Å². The summed E-state index contributed by atoms with van der Waals surface area (Å²) in [6.07, 6.45) is 0.0000968. The van der Waals surface area contributed by atoms with Gasteiger partial charge in [-0.15, -0.1) is 0 Å². The number of carbonyl (C=O) groups is 1. The second kappa shape index (κ2) is 3.84. The van der Waals surface area contributed by atoms with Crippen molar-refractivity contribution in [3.8, 4) is 0 Å². The van der Waals surface area contributed by atoms with Gasteiger partial charge in [0.1, 0.15) is 5.52 Å². The number of rotatable bonds is 3. The molecule has 0 saturated heterocycles. The molecule has 0 atom stereocenters. The molecule has 0 saturated carbocycles. The molecular formula is C11H12N2O3. The Hall–Kier alpha value is -2.04. The molecule has 5 nitrogen and oxygen atoms in total. The van der Waals surface area contributed by atoms with E-state index in [9.17, 15) is 4.79 Å². The Balaban J connectivity index is 2.41. The predicted molar refractivity (Wildman–Crippen MR) is 59.7 cm³/mol. The number of hydrogen-bond acceptors (Lipinski definition) is 4. The van der Waals surface area contributed by atoms with Gasteiger partial charge in [-0.2, -0.15) is 4.98 Å². The molecule has 0 radical (unpaired) electrons. The molecule has 0 amide bonds. The first-order chi connectivity index (χ1) is 7.56. The Bertz CT molecular complexity index is 531. The van der Waals surface area contributed by atoms with E-state index in [0.29, 0.717) is 17.1 Å². The molecule has 0 aliphatic rings. The molecule has 0 aliphatic carbocycles. The monoisotopic (exact) mass is 220 g/mol. The zero-order valence-corrected chi connectivity index (χ0v) is 9.10. The van der Waals surface area contributed by atoms with Gasteiger partial charge in [-0.1, -0.05) is 6.07 Å². The number of carboxylic acids is 1. The van der Waals surface area contributed by atoms with Crippen molar-refractivity contribution in [1.82, 2.24) is 4.98 Å². The number of benzene rings is 1. The van der Waals surface area contributed by atoms with Crippen molar-refractivity contribution in [3.63, 3.8) is 0 Å². The smallest absolute Gasteiger partial charge is 0.307 e. The van der Waals surface area contributed by atoms with Gasteiger partial charge in [0.25, 0.3) is 6.01 Å². The van der Waals surface area contributed by atoms with E-state index < -0.39 is 5.97 Å². The molecule has 0 fully saturated rings. The van der Waals surface area contributed by atoms with E-state index in [-0.39, 0.29) is 6.42 Å². The standard InChI is InChI=1S/C11H12N2O3/c1-13(2)11-12-8-5-7(6-10(14)15)3-4-9(8)16-11/h3-5H,6H2,1-2H3,(H,14,15). The zero-order valence-electron chi connectivity index (χ0n) is 9.10. The Kier molecular flexibility index (Phi) is 2.52. The molecule has 0 bridgehead atoms. The van der Waals surface area contributed by atoms with Crippen LogP contribution in [-0.2, 0) is 11.2 Å². The van der Waals surface area contributed by atoms with Gasteiger partial charge in [-0.25, -0.2) is 0 Å². The molecule has 1 heterocycles. The highest BCUT2D eigenvalue weighted by Crippen LogP contribution is 2.21. The largest absolute Gasteiger partial charge is 0.481 e. The zero-order chi connectivity index (χ0) is 11.7. The first-order valence-electron chi connectivity index (χ1n) is 4.85. The summed E-state index contributed by atoms with van der Waals surface area (Å²) in [4.78, 5) is 16.6. The van der Waals surface area contributed by atoms with Crippen LogP contribution in [0.3, 0.4) is 0 Å². The number of aliphatic carboxylic acids is 1. The van der Waals surface area contributed by atoms with Crippen LogP contribution in [0.1, 0.15) is 5.56 Å². The molecule has 1 aromatic carbocycles. The number of aromatic nitrogens is 1. The van der Waals surface area contributed by atoms with E-state index in [0.717, 1.165) is 5.56 Å². The van der Waals surface area contributed by atoms with E-state index in [1.165, 1.54) is 0 Å². The first-order valence-corrected chi connectivity index (χ1v) is 4.85. The number of anilines is 1. The van der Waals surface area contributed by atoms with Gasteiger partial charge in [0, 0.05) is 14.1 Å². The van der Waals surface area contributed by atoms with Gasteiger partial charge in [0.05, 0.1) is 6.42 Å². The summed E-state index contributed by atoms with van der Waals surface area (Å²) >= 11 is 0.